The molecular weight excluding hydrogens is 260 g/mol. The van der Waals surface area contributed by atoms with Crippen LogP contribution in [0.15, 0.2) is 30.3 Å². The molecule has 2 fully saturated rings. The molecule has 3 heteroatoms. The molecule has 1 aromatic rings. The molecule has 3 rings (SSSR count). The Balaban J connectivity index is 1.57. The number of piperidine rings is 1. The van der Waals surface area contributed by atoms with Crippen molar-refractivity contribution in [3.8, 4) is 0 Å². The third-order valence-electron chi connectivity index (χ3n) is 5.24. The van der Waals surface area contributed by atoms with E-state index in [1.807, 2.05) is 6.07 Å². The van der Waals surface area contributed by atoms with Crippen LogP contribution in [0.25, 0.3) is 0 Å². The summed E-state index contributed by atoms with van der Waals surface area (Å²) in [6.45, 7) is 6.25. The summed E-state index contributed by atoms with van der Waals surface area (Å²) in [6, 6.07) is 10.8. The lowest BCUT2D eigenvalue weighted by molar-refractivity contribution is -0.132. The lowest BCUT2D eigenvalue weighted by atomic mass is 9.74. The van der Waals surface area contributed by atoms with Crippen LogP contribution in [0.2, 0.25) is 0 Å². The molecule has 1 aromatic carbocycles. The molecule has 0 bridgehead atoms. The van der Waals surface area contributed by atoms with Crippen molar-refractivity contribution in [1.82, 2.24) is 10.6 Å². The topological polar surface area (TPSA) is 41.1 Å². The highest BCUT2D eigenvalue weighted by Gasteiger charge is 2.44. The highest BCUT2D eigenvalue weighted by Crippen LogP contribution is 2.42. The Bertz CT molecular complexity index is 491. The Morgan fingerprint density at radius 1 is 1.29 bits per heavy atom. The van der Waals surface area contributed by atoms with Crippen molar-refractivity contribution in [1.29, 1.82) is 0 Å². The van der Waals surface area contributed by atoms with Gasteiger partial charge in [0.2, 0.25) is 5.91 Å². The number of carbonyl (C=O) groups is 1. The first-order chi connectivity index (χ1) is 10.1. The van der Waals surface area contributed by atoms with Crippen molar-refractivity contribution in [3.05, 3.63) is 35.9 Å². The summed E-state index contributed by atoms with van der Waals surface area (Å²) >= 11 is 0. The third kappa shape index (κ3) is 3.13. The molecule has 1 heterocycles. The molecule has 3 atom stereocenters. The van der Waals surface area contributed by atoms with E-state index in [9.17, 15) is 4.79 Å². The lowest BCUT2D eigenvalue weighted by Crippen LogP contribution is -2.48. The number of hydrogen-bond acceptors (Lipinski definition) is 2. The van der Waals surface area contributed by atoms with E-state index in [0.717, 1.165) is 25.9 Å². The monoisotopic (exact) mass is 286 g/mol. The predicted octanol–water partition coefficient (Wildman–Crippen LogP) is 2.68. The second kappa shape index (κ2) is 5.80. The molecule has 1 saturated heterocycles. The number of benzene rings is 1. The van der Waals surface area contributed by atoms with Gasteiger partial charge < -0.3 is 10.6 Å². The maximum Gasteiger partial charge on any atom is 0.226 e. The molecular formula is C18H26N2O. The molecule has 2 aliphatic rings. The second-order valence-corrected chi connectivity index (χ2v) is 7.10. The summed E-state index contributed by atoms with van der Waals surface area (Å²) < 4.78 is 0. The number of carbonyl (C=O) groups excluding carboxylic acids is 1. The molecule has 1 aliphatic heterocycles. The van der Waals surface area contributed by atoms with Gasteiger partial charge in [-0.15, -0.1) is 0 Å². The molecule has 1 saturated carbocycles. The van der Waals surface area contributed by atoms with E-state index in [1.165, 1.54) is 12.0 Å². The summed E-state index contributed by atoms with van der Waals surface area (Å²) in [6.07, 6.45) is 3.41. The van der Waals surface area contributed by atoms with E-state index in [-0.39, 0.29) is 11.3 Å². The van der Waals surface area contributed by atoms with Crippen LogP contribution in [0.5, 0.6) is 0 Å². The maximum absolute atomic E-state index is 12.7. The third-order valence-corrected chi connectivity index (χ3v) is 5.24. The van der Waals surface area contributed by atoms with Crippen LogP contribution in [0, 0.1) is 11.3 Å². The minimum atomic E-state index is -0.281. The van der Waals surface area contributed by atoms with E-state index in [0.29, 0.717) is 17.9 Å². The van der Waals surface area contributed by atoms with Crippen LogP contribution in [-0.4, -0.2) is 25.0 Å². The van der Waals surface area contributed by atoms with Crippen LogP contribution < -0.4 is 10.6 Å². The SMILES string of the molecule is CC(C)(C(=O)NC1CC1c1ccccc1)C1CCCNC1. The van der Waals surface area contributed by atoms with E-state index in [4.69, 9.17) is 0 Å². The Hall–Kier alpha value is -1.35. The number of amides is 1. The van der Waals surface area contributed by atoms with Gasteiger partial charge in [0.05, 0.1) is 0 Å². The van der Waals surface area contributed by atoms with E-state index < -0.39 is 0 Å². The van der Waals surface area contributed by atoms with Gasteiger partial charge in [-0.05, 0) is 43.8 Å². The van der Waals surface area contributed by atoms with Crippen LogP contribution in [0.3, 0.4) is 0 Å². The molecule has 114 valence electrons. The lowest BCUT2D eigenvalue weighted by Gasteiger charge is -2.36. The van der Waals surface area contributed by atoms with E-state index in [1.54, 1.807) is 0 Å². The number of hydrogen-bond donors (Lipinski definition) is 2. The largest absolute Gasteiger partial charge is 0.352 e. The molecule has 3 unspecified atom stereocenters. The fourth-order valence-corrected chi connectivity index (χ4v) is 3.43. The average Bonchev–Trinajstić information content (AvgIpc) is 3.28. The minimum absolute atomic E-state index is 0.222. The summed E-state index contributed by atoms with van der Waals surface area (Å²) in [5, 5.41) is 6.69. The molecule has 1 aliphatic carbocycles. The van der Waals surface area contributed by atoms with Gasteiger partial charge in [-0.25, -0.2) is 0 Å². The first kappa shape index (κ1) is 14.6. The van der Waals surface area contributed by atoms with Gasteiger partial charge in [0, 0.05) is 17.4 Å². The maximum atomic E-state index is 12.7. The zero-order valence-corrected chi connectivity index (χ0v) is 13.1. The highest BCUT2D eigenvalue weighted by molar-refractivity contribution is 5.83. The zero-order valence-electron chi connectivity index (χ0n) is 13.1. The Labute approximate surface area is 127 Å². The number of nitrogens with one attached hydrogen (secondary N) is 2. The summed E-state index contributed by atoms with van der Waals surface area (Å²) in [4.78, 5) is 12.7. The molecule has 2 N–H and O–H groups in total. The van der Waals surface area contributed by atoms with Crippen molar-refractivity contribution in [2.24, 2.45) is 11.3 Å². The summed E-state index contributed by atoms with van der Waals surface area (Å²) in [7, 11) is 0. The van der Waals surface area contributed by atoms with Gasteiger partial charge >= 0.3 is 0 Å². The van der Waals surface area contributed by atoms with Crippen molar-refractivity contribution in [3.63, 3.8) is 0 Å². The zero-order chi connectivity index (χ0) is 14.9. The highest BCUT2D eigenvalue weighted by atomic mass is 16.2. The van der Waals surface area contributed by atoms with Gasteiger partial charge in [-0.2, -0.15) is 0 Å². The first-order valence-electron chi connectivity index (χ1n) is 8.15. The van der Waals surface area contributed by atoms with Gasteiger partial charge in [-0.1, -0.05) is 44.2 Å². The quantitative estimate of drug-likeness (QED) is 0.893. The molecule has 1 amide bonds. The minimum Gasteiger partial charge on any atom is -0.352 e. The number of rotatable bonds is 4. The second-order valence-electron chi connectivity index (χ2n) is 7.10. The predicted molar refractivity (Wildman–Crippen MR) is 85.1 cm³/mol. The fraction of sp³-hybridized carbons (Fsp3) is 0.611. The fourth-order valence-electron chi connectivity index (χ4n) is 3.43. The Kier molecular flexibility index (Phi) is 4.03. The Morgan fingerprint density at radius 3 is 2.71 bits per heavy atom. The van der Waals surface area contributed by atoms with Gasteiger partial charge in [-0.3, -0.25) is 4.79 Å². The van der Waals surface area contributed by atoms with Crippen LogP contribution in [0.1, 0.15) is 44.6 Å². The van der Waals surface area contributed by atoms with Crippen molar-refractivity contribution >= 4 is 5.91 Å². The smallest absolute Gasteiger partial charge is 0.226 e. The first-order valence-corrected chi connectivity index (χ1v) is 8.15. The van der Waals surface area contributed by atoms with Crippen molar-refractivity contribution in [2.45, 2.75) is 45.1 Å². The molecule has 21 heavy (non-hydrogen) atoms. The molecule has 0 aromatic heterocycles. The van der Waals surface area contributed by atoms with Gasteiger partial charge in [0.25, 0.3) is 0 Å². The molecule has 0 radical (unpaired) electrons. The average molecular weight is 286 g/mol. The standard InChI is InChI=1S/C18H26N2O/c1-18(2,14-9-6-10-19-12-14)17(21)20-16-11-15(16)13-7-4-3-5-8-13/h3-5,7-8,14-16,19H,6,9-12H2,1-2H3,(H,20,21). The van der Waals surface area contributed by atoms with Crippen molar-refractivity contribution in [2.75, 3.05) is 13.1 Å². The van der Waals surface area contributed by atoms with Crippen LogP contribution in [0.4, 0.5) is 0 Å². The van der Waals surface area contributed by atoms with E-state index in [2.05, 4.69) is 48.7 Å². The van der Waals surface area contributed by atoms with Gasteiger partial charge in [0.15, 0.2) is 0 Å². The normalized spacial score (nSPS) is 29.0. The van der Waals surface area contributed by atoms with Crippen LogP contribution >= 0.6 is 0 Å². The Morgan fingerprint density at radius 2 is 2.05 bits per heavy atom. The van der Waals surface area contributed by atoms with Crippen molar-refractivity contribution < 1.29 is 4.79 Å². The summed E-state index contributed by atoms with van der Waals surface area (Å²) in [5.41, 5.74) is 1.07. The van der Waals surface area contributed by atoms with Gasteiger partial charge in [0.1, 0.15) is 0 Å². The molecule has 0 spiro atoms. The van der Waals surface area contributed by atoms with Crippen LogP contribution in [-0.2, 0) is 4.79 Å². The summed E-state index contributed by atoms with van der Waals surface area (Å²) in [5.74, 6) is 1.18. The molecule has 3 nitrogen and oxygen atoms in total. The van der Waals surface area contributed by atoms with E-state index >= 15 is 0 Å².